The zero-order valence-electron chi connectivity index (χ0n) is 9.97. The van der Waals surface area contributed by atoms with E-state index in [1.165, 1.54) is 20.3 Å². The van der Waals surface area contributed by atoms with Gasteiger partial charge in [-0.1, -0.05) is 0 Å². The molecule has 1 aliphatic heterocycles. The van der Waals surface area contributed by atoms with E-state index >= 15 is 0 Å². The van der Waals surface area contributed by atoms with Crippen molar-refractivity contribution in [3.05, 3.63) is 23.3 Å². The number of hydrogen-bond donors (Lipinski definition) is 0. The molecule has 2 rings (SSSR count). The van der Waals surface area contributed by atoms with Gasteiger partial charge in [0.2, 0.25) is 0 Å². The molecule has 0 saturated heterocycles. The molecular weight excluding hydrogens is 247 g/mol. The zero-order chi connectivity index (χ0) is 13.3. The van der Waals surface area contributed by atoms with Gasteiger partial charge in [0, 0.05) is 12.1 Å². The molecule has 1 aromatic carbocycles. The quantitative estimate of drug-likeness (QED) is 0.817. The van der Waals surface area contributed by atoms with Crippen molar-refractivity contribution in [3.63, 3.8) is 0 Å². The van der Waals surface area contributed by atoms with Gasteiger partial charge in [0.05, 0.1) is 14.2 Å². The molecule has 0 unspecified atom stereocenters. The second-order valence-corrected chi connectivity index (χ2v) is 3.84. The first-order chi connectivity index (χ1) is 8.47. The Bertz CT molecular complexity index is 495. The highest BCUT2D eigenvalue weighted by atomic mass is 19.4. The fourth-order valence-electron chi connectivity index (χ4n) is 1.96. The van der Waals surface area contributed by atoms with Crippen LogP contribution >= 0.6 is 0 Å². The smallest absolute Gasteiger partial charge is 0.433 e. The summed E-state index contributed by atoms with van der Waals surface area (Å²) in [5, 5.41) is 0. The first kappa shape index (κ1) is 12.7. The first-order valence-electron chi connectivity index (χ1n) is 5.34. The highest BCUT2D eigenvalue weighted by Gasteiger charge is 2.39. The van der Waals surface area contributed by atoms with Crippen LogP contribution in [-0.2, 0) is 6.42 Å². The van der Waals surface area contributed by atoms with Crippen LogP contribution in [0.1, 0.15) is 11.1 Å². The SMILES string of the molecule is COc1cc2c(cc1OC)C(C(F)(F)F)=NCC2. The van der Waals surface area contributed by atoms with Crippen molar-refractivity contribution in [1.29, 1.82) is 0 Å². The van der Waals surface area contributed by atoms with Crippen molar-refractivity contribution in [3.8, 4) is 11.5 Å². The number of methoxy groups -OCH3 is 2. The second kappa shape index (κ2) is 4.51. The number of hydrogen-bond acceptors (Lipinski definition) is 3. The Kier molecular flexibility index (Phi) is 3.19. The largest absolute Gasteiger partial charge is 0.493 e. The molecule has 0 saturated carbocycles. The summed E-state index contributed by atoms with van der Waals surface area (Å²) < 4.78 is 48.6. The van der Waals surface area contributed by atoms with Crippen LogP contribution in [0.5, 0.6) is 11.5 Å². The minimum atomic E-state index is -4.45. The summed E-state index contributed by atoms with van der Waals surface area (Å²) in [7, 11) is 2.84. The van der Waals surface area contributed by atoms with Crippen LogP contribution in [-0.4, -0.2) is 32.7 Å². The number of alkyl halides is 3. The van der Waals surface area contributed by atoms with Crippen LogP contribution in [0, 0.1) is 0 Å². The van der Waals surface area contributed by atoms with E-state index in [0.717, 1.165) is 0 Å². The van der Waals surface area contributed by atoms with Gasteiger partial charge in [-0.2, -0.15) is 13.2 Å². The van der Waals surface area contributed by atoms with Gasteiger partial charge in [0.25, 0.3) is 0 Å². The van der Waals surface area contributed by atoms with Crippen molar-refractivity contribution in [1.82, 2.24) is 0 Å². The second-order valence-electron chi connectivity index (χ2n) is 3.84. The molecule has 0 radical (unpaired) electrons. The van der Waals surface area contributed by atoms with Crippen molar-refractivity contribution in [2.45, 2.75) is 12.6 Å². The lowest BCUT2D eigenvalue weighted by Gasteiger charge is -2.21. The fourth-order valence-corrected chi connectivity index (χ4v) is 1.96. The minimum absolute atomic E-state index is 0.0754. The molecule has 0 bridgehead atoms. The maximum absolute atomic E-state index is 12.8. The predicted molar refractivity (Wildman–Crippen MR) is 60.7 cm³/mol. The molecule has 0 amide bonds. The van der Waals surface area contributed by atoms with Crippen LogP contribution in [0.2, 0.25) is 0 Å². The van der Waals surface area contributed by atoms with Gasteiger partial charge >= 0.3 is 6.18 Å². The van der Waals surface area contributed by atoms with E-state index in [-0.39, 0.29) is 17.9 Å². The summed E-state index contributed by atoms with van der Waals surface area (Å²) in [6, 6.07) is 2.91. The van der Waals surface area contributed by atoms with Gasteiger partial charge in [-0.3, -0.25) is 4.99 Å². The number of rotatable bonds is 2. The lowest BCUT2D eigenvalue weighted by atomic mass is 9.96. The third kappa shape index (κ3) is 2.14. The maximum Gasteiger partial charge on any atom is 0.433 e. The van der Waals surface area contributed by atoms with Crippen LogP contribution in [0.25, 0.3) is 0 Å². The number of halogens is 3. The van der Waals surface area contributed by atoms with Gasteiger partial charge in [0.1, 0.15) is 5.71 Å². The maximum atomic E-state index is 12.8. The van der Waals surface area contributed by atoms with Gasteiger partial charge in [-0.15, -0.1) is 0 Å². The number of ether oxygens (including phenoxy) is 2. The van der Waals surface area contributed by atoms with E-state index in [9.17, 15) is 13.2 Å². The highest BCUT2D eigenvalue weighted by molar-refractivity contribution is 6.06. The molecular formula is C12H12F3NO2. The third-order valence-corrected chi connectivity index (χ3v) is 2.78. The van der Waals surface area contributed by atoms with Crippen LogP contribution in [0.3, 0.4) is 0 Å². The Labute approximate surface area is 102 Å². The van der Waals surface area contributed by atoms with Gasteiger partial charge in [-0.05, 0) is 24.1 Å². The van der Waals surface area contributed by atoms with Gasteiger partial charge < -0.3 is 9.47 Å². The number of nitrogens with zero attached hydrogens (tertiary/aromatic N) is 1. The Morgan fingerprint density at radius 3 is 2.28 bits per heavy atom. The molecule has 3 nitrogen and oxygen atoms in total. The molecule has 0 fully saturated rings. The molecule has 1 heterocycles. The molecule has 0 N–H and O–H groups in total. The fraction of sp³-hybridized carbons (Fsp3) is 0.417. The lowest BCUT2D eigenvalue weighted by Crippen LogP contribution is -2.28. The lowest BCUT2D eigenvalue weighted by molar-refractivity contribution is -0.0584. The Hall–Kier alpha value is -1.72. The van der Waals surface area contributed by atoms with Crippen molar-refractivity contribution in [2.24, 2.45) is 4.99 Å². The summed E-state index contributed by atoms with van der Waals surface area (Å²) >= 11 is 0. The van der Waals surface area contributed by atoms with Crippen molar-refractivity contribution in [2.75, 3.05) is 20.8 Å². The summed E-state index contributed by atoms with van der Waals surface area (Å²) in [4.78, 5) is 3.57. The van der Waals surface area contributed by atoms with E-state index < -0.39 is 11.9 Å². The summed E-state index contributed by atoms with van der Waals surface area (Å²) in [5.74, 6) is 0.703. The first-order valence-corrected chi connectivity index (χ1v) is 5.34. The number of aliphatic imine (C=N–C) groups is 1. The monoisotopic (exact) mass is 259 g/mol. The Morgan fingerprint density at radius 2 is 1.72 bits per heavy atom. The molecule has 0 aliphatic carbocycles. The molecule has 0 spiro atoms. The van der Waals surface area contributed by atoms with E-state index in [1.54, 1.807) is 6.07 Å². The molecule has 0 atom stereocenters. The van der Waals surface area contributed by atoms with E-state index in [0.29, 0.717) is 17.7 Å². The third-order valence-electron chi connectivity index (χ3n) is 2.78. The molecule has 1 aliphatic rings. The topological polar surface area (TPSA) is 30.8 Å². The highest BCUT2D eigenvalue weighted by Crippen LogP contribution is 2.35. The molecule has 0 aromatic heterocycles. The standard InChI is InChI=1S/C12H12F3NO2/c1-17-9-5-7-3-4-16-11(12(13,14)15)8(7)6-10(9)18-2/h5-6H,3-4H2,1-2H3. The minimum Gasteiger partial charge on any atom is -0.493 e. The number of benzene rings is 1. The average molecular weight is 259 g/mol. The van der Waals surface area contributed by atoms with Crippen LogP contribution < -0.4 is 9.47 Å². The van der Waals surface area contributed by atoms with E-state index in [4.69, 9.17) is 9.47 Å². The summed E-state index contributed by atoms with van der Waals surface area (Å²) in [6.45, 7) is 0.136. The van der Waals surface area contributed by atoms with Crippen LogP contribution in [0.15, 0.2) is 17.1 Å². The van der Waals surface area contributed by atoms with Crippen molar-refractivity contribution < 1.29 is 22.6 Å². The summed E-state index contributed by atoms with van der Waals surface area (Å²) in [5.41, 5.74) is -0.189. The van der Waals surface area contributed by atoms with Crippen LogP contribution in [0.4, 0.5) is 13.2 Å². The van der Waals surface area contributed by atoms with Gasteiger partial charge in [0.15, 0.2) is 11.5 Å². The van der Waals surface area contributed by atoms with Crippen molar-refractivity contribution >= 4 is 5.71 Å². The Balaban J connectivity index is 2.57. The number of fused-ring (bicyclic) bond motifs is 1. The molecule has 18 heavy (non-hydrogen) atoms. The zero-order valence-corrected chi connectivity index (χ0v) is 9.97. The molecule has 98 valence electrons. The van der Waals surface area contributed by atoms with E-state index in [2.05, 4.69) is 4.99 Å². The predicted octanol–water partition coefficient (Wildman–Crippen LogP) is 2.61. The Morgan fingerprint density at radius 1 is 1.11 bits per heavy atom. The molecule has 6 heteroatoms. The summed E-state index contributed by atoms with van der Waals surface area (Å²) in [6.07, 6.45) is -3.98. The van der Waals surface area contributed by atoms with Gasteiger partial charge in [-0.25, -0.2) is 0 Å². The van der Waals surface area contributed by atoms with E-state index in [1.807, 2.05) is 0 Å². The average Bonchev–Trinajstić information content (AvgIpc) is 2.35. The normalized spacial score (nSPS) is 14.8. The molecule has 1 aromatic rings.